The van der Waals surface area contributed by atoms with Gasteiger partial charge in [0.1, 0.15) is 5.01 Å². The lowest BCUT2D eigenvalue weighted by Crippen LogP contribution is -2.37. The number of para-hydroxylation sites is 1. The first-order valence-electron chi connectivity index (χ1n) is 6.78. The van der Waals surface area contributed by atoms with Gasteiger partial charge in [-0.3, -0.25) is 4.79 Å². The van der Waals surface area contributed by atoms with Crippen molar-refractivity contribution in [3.63, 3.8) is 0 Å². The van der Waals surface area contributed by atoms with E-state index in [-0.39, 0.29) is 17.1 Å². The number of aromatic nitrogens is 2. The topological polar surface area (TPSA) is 46.1 Å². The van der Waals surface area contributed by atoms with E-state index in [0.717, 1.165) is 15.0 Å². The lowest BCUT2D eigenvalue weighted by molar-refractivity contribution is -0.118. The average molecular weight is 321 g/mol. The molecule has 21 heavy (non-hydrogen) atoms. The summed E-state index contributed by atoms with van der Waals surface area (Å²) < 4.78 is 0.848. The summed E-state index contributed by atoms with van der Waals surface area (Å²) in [5.41, 5.74) is 0.905. The van der Waals surface area contributed by atoms with Gasteiger partial charge in [0, 0.05) is 12.7 Å². The van der Waals surface area contributed by atoms with Gasteiger partial charge in [0.25, 0.3) is 0 Å². The van der Waals surface area contributed by atoms with Crippen LogP contribution in [0.5, 0.6) is 0 Å². The summed E-state index contributed by atoms with van der Waals surface area (Å²) in [5, 5.41) is 8.88. The van der Waals surface area contributed by atoms with Gasteiger partial charge in [-0.1, -0.05) is 55.1 Å². The minimum Gasteiger partial charge on any atom is -0.315 e. The molecule has 1 atom stereocenters. The van der Waals surface area contributed by atoms with E-state index in [2.05, 4.69) is 24.0 Å². The Kier molecular flexibility index (Phi) is 5.36. The maximum atomic E-state index is 12.8. The van der Waals surface area contributed by atoms with Crippen LogP contribution in [0.1, 0.15) is 18.9 Å². The summed E-state index contributed by atoms with van der Waals surface area (Å²) in [7, 11) is 1.82. The van der Waals surface area contributed by atoms with E-state index in [1.165, 1.54) is 23.1 Å². The summed E-state index contributed by atoms with van der Waals surface area (Å²) in [6, 6.07) is 9.69. The number of amides is 1. The molecule has 4 nitrogen and oxygen atoms in total. The Labute approximate surface area is 133 Å². The fraction of sp³-hybridized carbons (Fsp3) is 0.400. The number of hydrogen-bond acceptors (Lipinski definition) is 5. The van der Waals surface area contributed by atoms with Crippen molar-refractivity contribution in [2.24, 2.45) is 5.92 Å². The molecule has 0 saturated carbocycles. The van der Waals surface area contributed by atoms with E-state index in [1.807, 2.05) is 44.3 Å². The SMILES string of the molecule is Cc1nnc(SC(C(=O)N(C)c2ccccc2)C(C)C)s1. The van der Waals surface area contributed by atoms with Crippen molar-refractivity contribution in [2.75, 3.05) is 11.9 Å². The molecule has 0 N–H and O–H groups in total. The number of aryl methyl sites for hydroxylation is 1. The van der Waals surface area contributed by atoms with Crippen molar-refractivity contribution in [3.05, 3.63) is 35.3 Å². The average Bonchev–Trinajstić information content (AvgIpc) is 2.89. The highest BCUT2D eigenvalue weighted by atomic mass is 32.2. The quantitative estimate of drug-likeness (QED) is 0.789. The largest absolute Gasteiger partial charge is 0.315 e. The molecule has 0 aliphatic carbocycles. The minimum absolute atomic E-state index is 0.0917. The van der Waals surface area contributed by atoms with Crippen LogP contribution in [-0.2, 0) is 4.79 Å². The van der Waals surface area contributed by atoms with Crippen molar-refractivity contribution in [1.29, 1.82) is 0 Å². The molecule has 1 heterocycles. The predicted molar refractivity (Wildman–Crippen MR) is 89.0 cm³/mol. The van der Waals surface area contributed by atoms with E-state index in [9.17, 15) is 4.79 Å². The van der Waals surface area contributed by atoms with Gasteiger partial charge >= 0.3 is 0 Å². The number of rotatable bonds is 5. The van der Waals surface area contributed by atoms with Crippen molar-refractivity contribution in [3.8, 4) is 0 Å². The van der Waals surface area contributed by atoms with Crippen molar-refractivity contribution >= 4 is 34.7 Å². The Bertz CT molecular complexity index is 598. The van der Waals surface area contributed by atoms with Gasteiger partial charge in [-0.05, 0) is 25.0 Å². The van der Waals surface area contributed by atoms with Crippen LogP contribution < -0.4 is 4.90 Å². The zero-order chi connectivity index (χ0) is 15.4. The molecule has 0 bridgehead atoms. The van der Waals surface area contributed by atoms with Gasteiger partial charge in [-0.25, -0.2) is 0 Å². The monoisotopic (exact) mass is 321 g/mol. The van der Waals surface area contributed by atoms with E-state index < -0.39 is 0 Å². The fourth-order valence-corrected chi connectivity index (χ4v) is 3.99. The summed E-state index contributed by atoms with van der Waals surface area (Å²) in [4.78, 5) is 14.5. The van der Waals surface area contributed by atoms with Crippen molar-refractivity contribution < 1.29 is 4.79 Å². The number of carbonyl (C=O) groups excluding carboxylic acids is 1. The number of nitrogens with zero attached hydrogens (tertiary/aromatic N) is 3. The normalized spacial score (nSPS) is 12.4. The molecule has 0 aliphatic rings. The molecule has 1 aromatic heterocycles. The third-order valence-electron chi connectivity index (χ3n) is 3.06. The molecule has 1 aromatic carbocycles. The fourth-order valence-electron chi connectivity index (χ4n) is 1.88. The number of hydrogen-bond donors (Lipinski definition) is 0. The van der Waals surface area contributed by atoms with Crippen LogP contribution in [0.4, 0.5) is 5.69 Å². The molecular formula is C15H19N3OS2. The van der Waals surface area contributed by atoms with Gasteiger partial charge in [0.2, 0.25) is 5.91 Å². The van der Waals surface area contributed by atoms with Crippen LogP contribution >= 0.6 is 23.1 Å². The summed E-state index contributed by atoms with van der Waals surface area (Å²) in [5.74, 6) is 0.312. The third kappa shape index (κ3) is 4.04. The molecule has 1 amide bonds. The molecule has 112 valence electrons. The Morgan fingerprint density at radius 2 is 1.90 bits per heavy atom. The van der Waals surface area contributed by atoms with E-state index in [0.29, 0.717) is 0 Å². The van der Waals surface area contributed by atoms with Crippen LogP contribution in [0.15, 0.2) is 34.7 Å². The smallest absolute Gasteiger partial charge is 0.240 e. The second-order valence-corrected chi connectivity index (χ2v) is 7.67. The number of carbonyl (C=O) groups is 1. The lowest BCUT2D eigenvalue weighted by atomic mass is 10.1. The highest BCUT2D eigenvalue weighted by molar-refractivity contribution is 8.02. The number of benzene rings is 1. The molecule has 0 fully saturated rings. The van der Waals surface area contributed by atoms with Gasteiger partial charge in [0.05, 0.1) is 5.25 Å². The van der Waals surface area contributed by atoms with Gasteiger partial charge < -0.3 is 4.90 Å². The van der Waals surface area contributed by atoms with E-state index in [1.54, 1.807) is 4.90 Å². The molecule has 2 aromatic rings. The third-order valence-corrected chi connectivity index (χ3v) is 5.51. The Morgan fingerprint density at radius 3 is 2.43 bits per heavy atom. The van der Waals surface area contributed by atoms with Crippen LogP contribution in [-0.4, -0.2) is 28.4 Å². The highest BCUT2D eigenvalue weighted by Gasteiger charge is 2.28. The summed E-state index contributed by atoms with van der Waals surface area (Å²) in [6.07, 6.45) is 0. The molecule has 0 aliphatic heterocycles. The summed E-state index contributed by atoms with van der Waals surface area (Å²) in [6.45, 7) is 6.04. The second kappa shape index (κ2) is 7.04. The van der Waals surface area contributed by atoms with Crippen LogP contribution in [0, 0.1) is 12.8 Å². The molecule has 0 saturated heterocycles. The first-order chi connectivity index (χ1) is 9.99. The standard InChI is InChI=1S/C15H19N3OS2/c1-10(2)13(21-15-17-16-11(3)20-15)14(19)18(4)12-8-6-5-7-9-12/h5-10,13H,1-4H3. The van der Waals surface area contributed by atoms with E-state index >= 15 is 0 Å². The molecule has 1 unspecified atom stereocenters. The number of anilines is 1. The first-order valence-corrected chi connectivity index (χ1v) is 8.48. The zero-order valence-corrected chi connectivity index (χ0v) is 14.2. The molecule has 2 rings (SSSR count). The van der Waals surface area contributed by atoms with Crippen LogP contribution in [0.25, 0.3) is 0 Å². The predicted octanol–water partition coefficient (Wildman–Crippen LogP) is 3.63. The summed E-state index contributed by atoms with van der Waals surface area (Å²) >= 11 is 3.03. The lowest BCUT2D eigenvalue weighted by Gasteiger charge is -2.25. The Balaban J connectivity index is 2.16. The second-order valence-electron chi connectivity index (χ2n) is 5.10. The van der Waals surface area contributed by atoms with Gasteiger partial charge in [-0.15, -0.1) is 10.2 Å². The minimum atomic E-state index is -0.164. The first kappa shape index (κ1) is 16.0. The van der Waals surface area contributed by atoms with Gasteiger partial charge in [0.15, 0.2) is 4.34 Å². The van der Waals surface area contributed by atoms with Crippen molar-refractivity contribution in [2.45, 2.75) is 30.4 Å². The molecule has 6 heteroatoms. The maximum absolute atomic E-state index is 12.8. The highest BCUT2D eigenvalue weighted by Crippen LogP contribution is 2.32. The number of thioether (sulfide) groups is 1. The van der Waals surface area contributed by atoms with Crippen LogP contribution in [0.2, 0.25) is 0 Å². The maximum Gasteiger partial charge on any atom is 0.240 e. The Morgan fingerprint density at radius 1 is 1.24 bits per heavy atom. The van der Waals surface area contributed by atoms with E-state index in [4.69, 9.17) is 0 Å². The van der Waals surface area contributed by atoms with Gasteiger partial charge in [-0.2, -0.15) is 0 Å². The van der Waals surface area contributed by atoms with Crippen LogP contribution in [0.3, 0.4) is 0 Å². The molecule has 0 radical (unpaired) electrons. The zero-order valence-electron chi connectivity index (χ0n) is 12.6. The Hall–Kier alpha value is -1.40. The molecular weight excluding hydrogens is 302 g/mol. The van der Waals surface area contributed by atoms with Crippen molar-refractivity contribution in [1.82, 2.24) is 10.2 Å². The molecule has 0 spiro atoms.